The molecule has 0 aliphatic carbocycles. The van der Waals surface area contributed by atoms with Gasteiger partial charge in [-0.1, -0.05) is 0 Å². The van der Waals surface area contributed by atoms with Gasteiger partial charge in [-0.3, -0.25) is 9.36 Å². The highest BCUT2D eigenvalue weighted by atomic mass is 16.4. The van der Waals surface area contributed by atoms with E-state index in [-0.39, 0.29) is 5.56 Å². The number of carbonyl (C=O) groups is 1. The van der Waals surface area contributed by atoms with E-state index in [1.165, 1.54) is 0 Å². The van der Waals surface area contributed by atoms with Crippen molar-refractivity contribution in [2.45, 2.75) is 26.9 Å². The van der Waals surface area contributed by atoms with E-state index in [1.54, 1.807) is 24.0 Å². The van der Waals surface area contributed by atoms with E-state index in [2.05, 4.69) is 10.2 Å². The molecular weight excluding hydrogens is 220 g/mol. The first-order chi connectivity index (χ1) is 8.10. The molecule has 6 nitrogen and oxygen atoms in total. The van der Waals surface area contributed by atoms with Crippen molar-refractivity contribution in [2.24, 2.45) is 0 Å². The van der Waals surface area contributed by atoms with Crippen LogP contribution in [0.3, 0.4) is 0 Å². The summed E-state index contributed by atoms with van der Waals surface area (Å²) >= 11 is 0. The summed E-state index contributed by atoms with van der Waals surface area (Å²) in [7, 11) is 0. The van der Waals surface area contributed by atoms with Gasteiger partial charge in [-0.05, 0) is 13.8 Å². The molecule has 1 N–H and O–H groups in total. The van der Waals surface area contributed by atoms with Crippen LogP contribution in [0.4, 0.5) is 0 Å². The topological polar surface area (TPSA) is 72.9 Å². The second kappa shape index (κ2) is 4.40. The first kappa shape index (κ1) is 11.4. The van der Waals surface area contributed by atoms with Crippen LogP contribution in [0.5, 0.6) is 0 Å². The molecule has 0 amide bonds. The van der Waals surface area contributed by atoms with Crippen molar-refractivity contribution < 1.29 is 9.90 Å². The molecule has 0 fully saturated rings. The van der Waals surface area contributed by atoms with Crippen LogP contribution in [0.15, 0.2) is 18.6 Å². The summed E-state index contributed by atoms with van der Waals surface area (Å²) in [6.45, 7) is 5.05. The Labute approximate surface area is 98.5 Å². The van der Waals surface area contributed by atoms with Crippen LogP contribution in [0.25, 0.3) is 0 Å². The number of carboxylic acids is 1. The van der Waals surface area contributed by atoms with Crippen LogP contribution in [-0.2, 0) is 13.1 Å². The Morgan fingerprint density at radius 1 is 1.41 bits per heavy atom. The molecule has 0 saturated heterocycles. The maximum absolute atomic E-state index is 10.9. The molecule has 0 unspecified atom stereocenters. The van der Waals surface area contributed by atoms with Crippen molar-refractivity contribution in [3.63, 3.8) is 0 Å². The van der Waals surface area contributed by atoms with Gasteiger partial charge in [0, 0.05) is 24.5 Å². The number of hydrogen-bond donors (Lipinski definition) is 1. The van der Waals surface area contributed by atoms with Crippen molar-refractivity contribution in [3.8, 4) is 0 Å². The number of rotatable bonds is 4. The average molecular weight is 234 g/mol. The number of aryl methyl sites for hydroxylation is 2. The zero-order chi connectivity index (χ0) is 12.4. The Hall–Kier alpha value is -2.11. The van der Waals surface area contributed by atoms with Gasteiger partial charge in [-0.2, -0.15) is 10.2 Å². The standard InChI is InChI=1S/C11H14N4O2/c1-3-14-5-9(4-12-14)6-15-7-10(11(16)17)8(2)13-15/h4-5,7H,3,6H2,1-2H3,(H,16,17). The minimum absolute atomic E-state index is 0.243. The Morgan fingerprint density at radius 3 is 2.71 bits per heavy atom. The fraction of sp³-hybridized carbons (Fsp3) is 0.364. The van der Waals surface area contributed by atoms with Crippen LogP contribution in [0.1, 0.15) is 28.5 Å². The monoisotopic (exact) mass is 234 g/mol. The van der Waals surface area contributed by atoms with Gasteiger partial charge in [-0.15, -0.1) is 0 Å². The van der Waals surface area contributed by atoms with E-state index in [0.29, 0.717) is 12.2 Å². The number of carboxylic acid groups (broad SMARTS) is 1. The summed E-state index contributed by atoms with van der Waals surface area (Å²) in [5, 5.41) is 17.2. The lowest BCUT2D eigenvalue weighted by atomic mass is 10.3. The summed E-state index contributed by atoms with van der Waals surface area (Å²) in [6.07, 6.45) is 5.24. The molecular formula is C11H14N4O2. The zero-order valence-electron chi connectivity index (χ0n) is 9.79. The average Bonchev–Trinajstić information content (AvgIpc) is 2.85. The Balaban J connectivity index is 2.18. The van der Waals surface area contributed by atoms with E-state index >= 15 is 0 Å². The van der Waals surface area contributed by atoms with Crippen molar-refractivity contribution in [3.05, 3.63) is 35.4 Å². The molecule has 17 heavy (non-hydrogen) atoms. The van der Waals surface area contributed by atoms with Crippen LogP contribution in [-0.4, -0.2) is 30.6 Å². The lowest BCUT2D eigenvalue weighted by Crippen LogP contribution is -2.00. The summed E-state index contributed by atoms with van der Waals surface area (Å²) in [5.74, 6) is -0.946. The predicted octanol–water partition coefficient (Wildman–Crippen LogP) is 1.15. The molecule has 2 heterocycles. The zero-order valence-corrected chi connectivity index (χ0v) is 9.79. The van der Waals surface area contributed by atoms with Gasteiger partial charge in [0.25, 0.3) is 0 Å². The van der Waals surface area contributed by atoms with E-state index < -0.39 is 5.97 Å². The number of nitrogens with zero attached hydrogens (tertiary/aromatic N) is 4. The van der Waals surface area contributed by atoms with E-state index in [4.69, 9.17) is 5.11 Å². The molecule has 0 aliphatic heterocycles. The van der Waals surface area contributed by atoms with Gasteiger partial charge in [-0.25, -0.2) is 4.79 Å². The fourth-order valence-corrected chi connectivity index (χ4v) is 1.66. The molecule has 2 rings (SSSR count). The lowest BCUT2D eigenvalue weighted by Gasteiger charge is -1.97. The maximum atomic E-state index is 10.9. The largest absolute Gasteiger partial charge is 0.478 e. The van der Waals surface area contributed by atoms with E-state index in [0.717, 1.165) is 12.1 Å². The summed E-state index contributed by atoms with van der Waals surface area (Å²) in [6, 6.07) is 0. The second-order valence-corrected chi connectivity index (χ2v) is 3.84. The highest BCUT2D eigenvalue weighted by molar-refractivity contribution is 5.88. The summed E-state index contributed by atoms with van der Waals surface area (Å²) in [4.78, 5) is 10.9. The van der Waals surface area contributed by atoms with Gasteiger partial charge < -0.3 is 5.11 Å². The number of aromatic nitrogens is 4. The molecule has 0 spiro atoms. The van der Waals surface area contributed by atoms with Crippen LogP contribution < -0.4 is 0 Å². The van der Waals surface area contributed by atoms with Crippen molar-refractivity contribution in [1.82, 2.24) is 19.6 Å². The SMILES string of the molecule is CCn1cc(Cn2cc(C(=O)O)c(C)n2)cn1. The second-order valence-electron chi connectivity index (χ2n) is 3.84. The minimum atomic E-state index is -0.946. The molecule has 0 aliphatic rings. The van der Waals surface area contributed by atoms with Crippen LogP contribution in [0.2, 0.25) is 0 Å². The third-order valence-corrected chi connectivity index (χ3v) is 2.53. The van der Waals surface area contributed by atoms with Crippen molar-refractivity contribution in [2.75, 3.05) is 0 Å². The summed E-state index contributed by atoms with van der Waals surface area (Å²) < 4.78 is 3.44. The van der Waals surface area contributed by atoms with Gasteiger partial charge in [0.05, 0.1) is 18.4 Å². The smallest absolute Gasteiger partial charge is 0.339 e. The van der Waals surface area contributed by atoms with Gasteiger partial charge >= 0.3 is 5.97 Å². The highest BCUT2D eigenvalue weighted by Crippen LogP contribution is 2.08. The predicted molar refractivity (Wildman–Crippen MR) is 60.9 cm³/mol. The Kier molecular flexibility index (Phi) is 2.95. The molecule has 0 bridgehead atoms. The third kappa shape index (κ3) is 2.35. The number of aromatic carboxylic acids is 1. The molecule has 2 aromatic rings. The Morgan fingerprint density at radius 2 is 2.18 bits per heavy atom. The van der Waals surface area contributed by atoms with E-state index in [1.807, 2.05) is 17.8 Å². The van der Waals surface area contributed by atoms with E-state index in [9.17, 15) is 4.79 Å². The molecule has 90 valence electrons. The lowest BCUT2D eigenvalue weighted by molar-refractivity contribution is 0.0696. The molecule has 0 radical (unpaired) electrons. The third-order valence-electron chi connectivity index (χ3n) is 2.53. The van der Waals surface area contributed by atoms with Gasteiger partial charge in [0.15, 0.2) is 0 Å². The number of hydrogen-bond acceptors (Lipinski definition) is 3. The fourth-order valence-electron chi connectivity index (χ4n) is 1.66. The molecule has 0 aromatic carbocycles. The van der Waals surface area contributed by atoms with Gasteiger partial charge in [0.1, 0.15) is 5.56 Å². The summed E-state index contributed by atoms with van der Waals surface area (Å²) in [5.41, 5.74) is 1.78. The molecule has 6 heteroatoms. The first-order valence-corrected chi connectivity index (χ1v) is 5.39. The molecule has 2 aromatic heterocycles. The Bertz CT molecular complexity index is 541. The van der Waals surface area contributed by atoms with Crippen LogP contribution in [0, 0.1) is 6.92 Å². The normalized spacial score (nSPS) is 10.7. The van der Waals surface area contributed by atoms with Gasteiger partial charge in [0.2, 0.25) is 0 Å². The highest BCUT2D eigenvalue weighted by Gasteiger charge is 2.11. The maximum Gasteiger partial charge on any atom is 0.339 e. The molecule has 0 saturated carbocycles. The quantitative estimate of drug-likeness (QED) is 0.861. The van der Waals surface area contributed by atoms with Crippen molar-refractivity contribution >= 4 is 5.97 Å². The van der Waals surface area contributed by atoms with Crippen molar-refractivity contribution in [1.29, 1.82) is 0 Å². The molecule has 0 atom stereocenters. The first-order valence-electron chi connectivity index (χ1n) is 5.39. The minimum Gasteiger partial charge on any atom is -0.478 e. The van der Waals surface area contributed by atoms with Crippen LogP contribution >= 0.6 is 0 Å².